The third-order valence-corrected chi connectivity index (χ3v) is 10.6. The monoisotopic (exact) mass is 488 g/mol. The molecule has 0 saturated carbocycles. The first-order chi connectivity index (χ1) is 15.6. The number of aromatic nitrogens is 2. The van der Waals surface area contributed by atoms with Crippen molar-refractivity contribution in [1.29, 1.82) is 0 Å². The van der Waals surface area contributed by atoms with Gasteiger partial charge in [0.05, 0.1) is 16.8 Å². The van der Waals surface area contributed by atoms with E-state index in [-0.39, 0.29) is 22.6 Å². The topological polar surface area (TPSA) is 141 Å². The van der Waals surface area contributed by atoms with Gasteiger partial charge >= 0.3 is 0 Å². The van der Waals surface area contributed by atoms with Crippen LogP contribution in [0.15, 0.2) is 59.6 Å². The summed E-state index contributed by atoms with van der Waals surface area (Å²) in [4.78, 5) is 21.2. The maximum absolute atomic E-state index is 12.8. The molecular weight excluding hydrogens is 463 g/mol. The zero-order chi connectivity index (χ0) is 24.2. The summed E-state index contributed by atoms with van der Waals surface area (Å²) in [5.41, 5.74) is 7.94. The van der Waals surface area contributed by atoms with Crippen LogP contribution in [0.1, 0.15) is 23.0 Å². The molecule has 0 unspecified atom stereocenters. The van der Waals surface area contributed by atoms with Crippen LogP contribution >= 0.6 is 7.37 Å². The quantitative estimate of drug-likeness (QED) is 0.454. The molecule has 1 aromatic heterocycles. The first-order valence-corrected chi connectivity index (χ1v) is 13.7. The fourth-order valence-electron chi connectivity index (χ4n) is 2.97. The molecule has 2 aromatic carbocycles. The van der Waals surface area contributed by atoms with Crippen LogP contribution in [-0.2, 0) is 18.9 Å². The van der Waals surface area contributed by atoms with Crippen LogP contribution in [0.2, 0.25) is 0 Å². The van der Waals surface area contributed by atoms with Gasteiger partial charge in [0.2, 0.25) is 7.37 Å². The predicted molar refractivity (Wildman–Crippen MR) is 128 cm³/mol. The molecule has 3 N–H and O–H groups in total. The number of benzene rings is 2. The number of carbonyl (C=O) groups is 1. The number of sulfone groups is 1. The van der Waals surface area contributed by atoms with Crippen LogP contribution in [0.25, 0.3) is 11.3 Å². The molecule has 9 nitrogen and oxygen atoms in total. The van der Waals surface area contributed by atoms with Crippen LogP contribution in [0, 0.1) is 6.92 Å². The Labute approximate surface area is 192 Å². The summed E-state index contributed by atoms with van der Waals surface area (Å²) in [6, 6.07) is 13.1. The number of nitrogen functional groups attached to an aromatic ring is 1. The van der Waals surface area contributed by atoms with Crippen molar-refractivity contribution in [2.75, 3.05) is 29.8 Å². The largest absolute Gasteiger partial charge is 0.382 e. The Balaban J connectivity index is 1.79. The van der Waals surface area contributed by atoms with E-state index in [2.05, 4.69) is 15.3 Å². The van der Waals surface area contributed by atoms with E-state index in [1.807, 2.05) is 31.2 Å². The average Bonchev–Trinajstić information content (AvgIpc) is 2.80. The minimum Gasteiger partial charge on any atom is -0.382 e. The normalized spacial score (nSPS) is 13.3. The Bertz CT molecular complexity index is 1300. The minimum atomic E-state index is -3.83. The highest BCUT2D eigenvalue weighted by Gasteiger charge is 2.29. The van der Waals surface area contributed by atoms with Crippen molar-refractivity contribution in [3.05, 3.63) is 66.0 Å². The first kappa shape index (κ1) is 24.6. The van der Waals surface area contributed by atoms with Crippen molar-refractivity contribution in [2.24, 2.45) is 0 Å². The number of hydrogen-bond donors (Lipinski definition) is 2. The molecule has 3 rings (SSSR count). The summed E-state index contributed by atoms with van der Waals surface area (Å²) in [7, 11) is -5.86. The molecule has 0 aliphatic heterocycles. The van der Waals surface area contributed by atoms with E-state index in [1.165, 1.54) is 37.6 Å². The lowest BCUT2D eigenvalue weighted by atomic mass is 10.1. The van der Waals surface area contributed by atoms with Gasteiger partial charge in [0.1, 0.15) is 5.49 Å². The molecule has 1 atom stereocenters. The molecule has 0 aliphatic rings. The fourth-order valence-corrected chi connectivity index (χ4v) is 7.60. The molecule has 1 heterocycles. The Hall–Kier alpha value is -3.07. The van der Waals surface area contributed by atoms with Gasteiger partial charge in [-0.2, -0.15) is 0 Å². The van der Waals surface area contributed by atoms with Crippen LogP contribution < -0.4 is 11.1 Å². The number of carbonyl (C=O) groups excluding carboxylic acids is 1. The lowest BCUT2D eigenvalue weighted by molar-refractivity contribution is 0.102. The van der Waals surface area contributed by atoms with Gasteiger partial charge in [-0.3, -0.25) is 9.36 Å². The Morgan fingerprint density at radius 2 is 1.76 bits per heavy atom. The third kappa shape index (κ3) is 5.84. The second-order valence-electron chi connectivity index (χ2n) is 7.39. The van der Waals surface area contributed by atoms with Gasteiger partial charge in [0.15, 0.2) is 21.3 Å². The van der Waals surface area contributed by atoms with E-state index in [0.29, 0.717) is 11.4 Å². The van der Waals surface area contributed by atoms with Gasteiger partial charge in [-0.1, -0.05) is 36.8 Å². The minimum absolute atomic E-state index is 0.0214. The molecule has 3 aromatic rings. The summed E-state index contributed by atoms with van der Waals surface area (Å²) in [6.45, 7) is 3.58. The van der Waals surface area contributed by atoms with Crippen molar-refractivity contribution in [2.45, 2.75) is 18.7 Å². The average molecular weight is 489 g/mol. The van der Waals surface area contributed by atoms with E-state index >= 15 is 0 Å². The molecule has 0 bridgehead atoms. The number of amides is 1. The number of anilines is 2. The number of aryl methyl sites for hydroxylation is 1. The molecule has 0 spiro atoms. The Morgan fingerprint density at radius 1 is 1.12 bits per heavy atom. The maximum Gasteiger partial charge on any atom is 0.278 e. The molecule has 0 radical (unpaired) electrons. The summed E-state index contributed by atoms with van der Waals surface area (Å²) in [6.07, 6.45) is 1.60. The maximum atomic E-state index is 12.8. The van der Waals surface area contributed by atoms with Crippen LogP contribution in [-0.4, -0.2) is 43.1 Å². The molecule has 11 heteroatoms. The van der Waals surface area contributed by atoms with Crippen LogP contribution in [0.5, 0.6) is 0 Å². The van der Waals surface area contributed by atoms with Crippen molar-refractivity contribution in [3.8, 4) is 11.3 Å². The van der Waals surface area contributed by atoms with Crippen molar-refractivity contribution in [1.82, 2.24) is 9.97 Å². The predicted octanol–water partition coefficient (Wildman–Crippen LogP) is 3.96. The van der Waals surface area contributed by atoms with E-state index in [1.54, 1.807) is 6.92 Å². The number of rotatable bonds is 8. The Morgan fingerprint density at radius 3 is 2.33 bits per heavy atom. The van der Waals surface area contributed by atoms with E-state index in [4.69, 9.17) is 10.3 Å². The zero-order valence-corrected chi connectivity index (χ0v) is 20.2. The lowest BCUT2D eigenvalue weighted by Gasteiger charge is -2.14. The van der Waals surface area contributed by atoms with Crippen LogP contribution in [0.3, 0.4) is 0 Å². The molecule has 0 saturated heterocycles. The van der Waals surface area contributed by atoms with Crippen LogP contribution in [0.4, 0.5) is 11.5 Å². The smallest absolute Gasteiger partial charge is 0.278 e. The molecular formula is C22H25N4O5PS. The highest BCUT2D eigenvalue weighted by Crippen LogP contribution is 2.47. The first-order valence-electron chi connectivity index (χ1n) is 10.0. The summed E-state index contributed by atoms with van der Waals surface area (Å²) in [5.74, 6) is -0.614. The number of nitrogens with one attached hydrogen (secondary N) is 1. The molecule has 0 aliphatic carbocycles. The third-order valence-electron chi connectivity index (χ3n) is 5.02. The molecule has 33 heavy (non-hydrogen) atoms. The number of hydrogen-bond acceptors (Lipinski definition) is 8. The van der Waals surface area contributed by atoms with E-state index < -0.39 is 28.6 Å². The van der Waals surface area contributed by atoms with Gasteiger partial charge in [-0.15, -0.1) is 0 Å². The number of nitrogens with zero attached hydrogens (tertiary/aromatic N) is 2. The van der Waals surface area contributed by atoms with Gasteiger partial charge < -0.3 is 15.6 Å². The Kier molecular flexibility index (Phi) is 7.31. The lowest BCUT2D eigenvalue weighted by Crippen LogP contribution is -2.17. The van der Waals surface area contributed by atoms with Gasteiger partial charge in [0, 0.05) is 24.5 Å². The summed E-state index contributed by atoms with van der Waals surface area (Å²) < 4.78 is 42.5. The SMILES string of the molecule is CC[P@](=O)(CS(=O)(=O)c1ccc(NC(=O)c2nc(-c3ccc(C)cc3)cnc2N)cc1)OC. The summed E-state index contributed by atoms with van der Waals surface area (Å²) in [5, 5.41) is 2.64. The van der Waals surface area contributed by atoms with Gasteiger partial charge in [0.25, 0.3) is 5.91 Å². The fraction of sp³-hybridized carbons (Fsp3) is 0.227. The van der Waals surface area contributed by atoms with Gasteiger partial charge in [-0.25, -0.2) is 18.4 Å². The molecule has 1 amide bonds. The van der Waals surface area contributed by atoms with Gasteiger partial charge in [-0.05, 0) is 31.2 Å². The van der Waals surface area contributed by atoms with E-state index in [9.17, 15) is 17.8 Å². The molecule has 0 fully saturated rings. The highest BCUT2D eigenvalue weighted by atomic mass is 32.2. The second kappa shape index (κ2) is 9.82. The van der Waals surface area contributed by atoms with E-state index in [0.717, 1.165) is 11.1 Å². The van der Waals surface area contributed by atoms with Crippen molar-refractivity contribution >= 4 is 34.6 Å². The highest BCUT2D eigenvalue weighted by molar-refractivity contribution is 7.98. The zero-order valence-electron chi connectivity index (χ0n) is 18.5. The molecule has 174 valence electrons. The second-order valence-corrected chi connectivity index (χ2v) is 12.8. The van der Waals surface area contributed by atoms with Crippen molar-refractivity contribution in [3.63, 3.8) is 0 Å². The summed E-state index contributed by atoms with van der Waals surface area (Å²) >= 11 is 0. The standard InChI is InChI=1S/C22H25N4O5PS/c1-4-32(28,31-3)14-33(29,30)18-11-9-17(10-12-18)25-22(27)20-21(23)24-13-19(26-20)16-7-5-15(2)6-8-16/h5-13H,4,14H2,1-3H3,(H2,23,24)(H,25,27)/t32-/m1/s1. The van der Waals surface area contributed by atoms with Crippen molar-refractivity contribution < 1.29 is 22.3 Å². The number of nitrogens with two attached hydrogens (primary N) is 1.